The van der Waals surface area contributed by atoms with E-state index in [-0.39, 0.29) is 16.6 Å². The van der Waals surface area contributed by atoms with Gasteiger partial charge in [0.05, 0.1) is 16.6 Å². The normalized spacial score (nSPS) is 17.7. The zero-order valence-electron chi connectivity index (χ0n) is 12.9. The van der Waals surface area contributed by atoms with Crippen LogP contribution in [-0.2, 0) is 6.42 Å². The van der Waals surface area contributed by atoms with Gasteiger partial charge in [0.25, 0.3) is 5.91 Å². The van der Waals surface area contributed by atoms with Crippen molar-refractivity contribution in [3.8, 4) is 0 Å². The predicted molar refractivity (Wildman–Crippen MR) is 84.9 cm³/mol. The molecule has 0 aliphatic carbocycles. The van der Waals surface area contributed by atoms with Crippen molar-refractivity contribution in [3.05, 3.63) is 52.1 Å². The van der Waals surface area contributed by atoms with Gasteiger partial charge in [-0.2, -0.15) is 0 Å². The Hall–Kier alpha value is -1.88. The van der Waals surface area contributed by atoms with Gasteiger partial charge in [-0.15, -0.1) is 0 Å². The molecule has 0 N–H and O–H groups in total. The van der Waals surface area contributed by atoms with E-state index >= 15 is 0 Å². The molecule has 2 aromatic rings. The van der Waals surface area contributed by atoms with Crippen LogP contribution in [0, 0.1) is 5.82 Å². The van der Waals surface area contributed by atoms with Gasteiger partial charge in [-0.05, 0) is 31.4 Å². The summed E-state index contributed by atoms with van der Waals surface area (Å²) in [4.78, 5) is 14.4. The summed E-state index contributed by atoms with van der Waals surface area (Å²) in [5.41, 5.74) is 0.658. The molecule has 23 heavy (non-hydrogen) atoms. The largest absolute Gasteiger partial charge is 0.361 e. The molecule has 3 rings (SSSR count). The fourth-order valence-corrected chi connectivity index (χ4v) is 3.26. The lowest BCUT2D eigenvalue weighted by atomic mass is 10.1. The highest BCUT2D eigenvalue weighted by Crippen LogP contribution is 2.34. The molecule has 1 aliphatic heterocycles. The summed E-state index contributed by atoms with van der Waals surface area (Å²) in [5.74, 6) is -0.179. The molecule has 0 saturated carbocycles. The third-order valence-electron chi connectivity index (χ3n) is 4.11. The van der Waals surface area contributed by atoms with Crippen LogP contribution in [0.2, 0.25) is 5.02 Å². The van der Waals surface area contributed by atoms with E-state index in [1.807, 2.05) is 6.07 Å². The average molecular weight is 337 g/mol. The first-order chi connectivity index (χ1) is 11.1. The zero-order valence-corrected chi connectivity index (χ0v) is 13.6. The lowest BCUT2D eigenvalue weighted by molar-refractivity contribution is 0.0726. The Bertz CT molecular complexity index is 696. The third-order valence-corrected chi connectivity index (χ3v) is 4.42. The predicted octanol–water partition coefficient (Wildman–Crippen LogP) is 4.40. The molecule has 6 heteroatoms. The fraction of sp³-hybridized carbons (Fsp3) is 0.412. The second kappa shape index (κ2) is 6.71. The van der Waals surface area contributed by atoms with Crippen LogP contribution in [0.3, 0.4) is 0 Å². The summed E-state index contributed by atoms with van der Waals surface area (Å²) >= 11 is 6.02. The third kappa shape index (κ3) is 3.11. The minimum absolute atomic E-state index is 0.0710. The molecular weight excluding hydrogens is 319 g/mol. The van der Waals surface area contributed by atoms with Gasteiger partial charge >= 0.3 is 0 Å². The first kappa shape index (κ1) is 16.0. The van der Waals surface area contributed by atoms with Crippen molar-refractivity contribution < 1.29 is 13.7 Å². The van der Waals surface area contributed by atoms with Crippen LogP contribution in [-0.4, -0.2) is 22.5 Å². The molecule has 1 aromatic heterocycles. The zero-order chi connectivity index (χ0) is 16.4. The number of carbonyl (C=O) groups is 1. The minimum atomic E-state index is -0.597. The molecule has 4 nitrogen and oxygen atoms in total. The van der Waals surface area contributed by atoms with Gasteiger partial charge in [0.1, 0.15) is 17.3 Å². The van der Waals surface area contributed by atoms with E-state index in [2.05, 4.69) is 12.1 Å². The number of aryl methyl sites for hydroxylation is 1. The van der Waals surface area contributed by atoms with E-state index in [9.17, 15) is 9.18 Å². The maximum absolute atomic E-state index is 14.0. The number of halogens is 2. The Morgan fingerprint density at radius 1 is 1.52 bits per heavy atom. The molecule has 0 spiro atoms. The van der Waals surface area contributed by atoms with Crippen LogP contribution >= 0.6 is 11.6 Å². The first-order valence-electron chi connectivity index (χ1n) is 7.82. The molecule has 0 unspecified atom stereocenters. The summed E-state index contributed by atoms with van der Waals surface area (Å²) in [6, 6.07) is 5.97. The van der Waals surface area contributed by atoms with Gasteiger partial charge < -0.3 is 9.42 Å². The maximum Gasteiger partial charge on any atom is 0.258 e. The van der Waals surface area contributed by atoms with Crippen molar-refractivity contribution >= 4 is 17.5 Å². The monoisotopic (exact) mass is 336 g/mol. The number of amides is 1. The van der Waals surface area contributed by atoms with Gasteiger partial charge in [-0.3, -0.25) is 4.79 Å². The average Bonchev–Trinajstić information content (AvgIpc) is 3.15. The van der Waals surface area contributed by atoms with E-state index in [0.717, 1.165) is 37.1 Å². The van der Waals surface area contributed by atoms with Crippen molar-refractivity contribution in [2.75, 3.05) is 6.54 Å². The van der Waals surface area contributed by atoms with Crippen molar-refractivity contribution in [2.45, 2.75) is 38.6 Å². The summed E-state index contributed by atoms with van der Waals surface area (Å²) in [7, 11) is 0. The van der Waals surface area contributed by atoms with E-state index in [1.54, 1.807) is 4.90 Å². The molecule has 0 bridgehead atoms. The lowest BCUT2D eigenvalue weighted by Crippen LogP contribution is -2.31. The van der Waals surface area contributed by atoms with Gasteiger partial charge in [-0.25, -0.2) is 4.39 Å². The van der Waals surface area contributed by atoms with Gasteiger partial charge in [0.2, 0.25) is 0 Å². The quantitative estimate of drug-likeness (QED) is 0.831. The fourth-order valence-electron chi connectivity index (χ4n) is 3.01. The Morgan fingerprint density at radius 3 is 3.09 bits per heavy atom. The Morgan fingerprint density at radius 2 is 2.35 bits per heavy atom. The topological polar surface area (TPSA) is 46.3 Å². The van der Waals surface area contributed by atoms with Crippen molar-refractivity contribution in [2.24, 2.45) is 0 Å². The van der Waals surface area contributed by atoms with Gasteiger partial charge in [0, 0.05) is 19.0 Å². The molecule has 1 aliphatic rings. The highest BCUT2D eigenvalue weighted by atomic mass is 35.5. The second-order valence-electron chi connectivity index (χ2n) is 5.72. The summed E-state index contributed by atoms with van der Waals surface area (Å²) < 4.78 is 19.3. The Balaban J connectivity index is 1.87. The smallest absolute Gasteiger partial charge is 0.258 e. The lowest BCUT2D eigenvalue weighted by Gasteiger charge is -2.23. The number of benzene rings is 1. The number of nitrogens with zero attached hydrogens (tertiary/aromatic N) is 2. The maximum atomic E-state index is 14.0. The van der Waals surface area contributed by atoms with E-state index in [4.69, 9.17) is 16.1 Å². The summed E-state index contributed by atoms with van der Waals surface area (Å²) in [6.45, 7) is 2.62. The molecule has 2 heterocycles. The van der Waals surface area contributed by atoms with E-state index in [0.29, 0.717) is 6.54 Å². The number of likely N-dealkylation sites (tertiary alicyclic amines) is 1. The summed E-state index contributed by atoms with van der Waals surface area (Å²) in [5, 5.41) is 4.22. The van der Waals surface area contributed by atoms with Crippen molar-refractivity contribution in [3.63, 3.8) is 0 Å². The molecule has 1 fully saturated rings. The molecular formula is C17H18ClFN2O2. The number of hydrogen-bond donors (Lipinski definition) is 0. The molecule has 122 valence electrons. The van der Waals surface area contributed by atoms with Gasteiger partial charge in [-0.1, -0.05) is 29.7 Å². The van der Waals surface area contributed by atoms with Crippen LogP contribution in [0.4, 0.5) is 4.39 Å². The highest BCUT2D eigenvalue weighted by Gasteiger charge is 2.34. The van der Waals surface area contributed by atoms with E-state index < -0.39 is 11.7 Å². The number of hydrogen-bond acceptors (Lipinski definition) is 3. The Kier molecular flexibility index (Phi) is 4.66. The highest BCUT2D eigenvalue weighted by molar-refractivity contribution is 6.33. The first-order valence-corrected chi connectivity index (χ1v) is 8.20. The Labute approximate surface area is 139 Å². The molecule has 1 atom stereocenters. The van der Waals surface area contributed by atoms with Crippen LogP contribution in [0.25, 0.3) is 0 Å². The van der Waals surface area contributed by atoms with Crippen LogP contribution in [0.15, 0.2) is 28.8 Å². The number of carbonyl (C=O) groups excluding carboxylic acids is 1. The van der Waals surface area contributed by atoms with E-state index in [1.165, 1.54) is 18.2 Å². The number of rotatable bonds is 4. The second-order valence-corrected chi connectivity index (χ2v) is 6.13. The number of aromatic nitrogens is 1. The van der Waals surface area contributed by atoms with Crippen molar-refractivity contribution in [1.29, 1.82) is 0 Å². The van der Waals surface area contributed by atoms with Gasteiger partial charge in [0.15, 0.2) is 0 Å². The molecule has 0 radical (unpaired) electrons. The molecule has 1 saturated heterocycles. The van der Waals surface area contributed by atoms with Crippen LogP contribution in [0.5, 0.6) is 0 Å². The molecule has 1 amide bonds. The minimum Gasteiger partial charge on any atom is -0.361 e. The van der Waals surface area contributed by atoms with Crippen molar-refractivity contribution in [1.82, 2.24) is 10.1 Å². The van der Waals surface area contributed by atoms with Crippen LogP contribution in [0.1, 0.15) is 54.0 Å². The van der Waals surface area contributed by atoms with Crippen LogP contribution < -0.4 is 0 Å². The standard InChI is InChI=1S/C17H18ClFN2O2/c1-2-5-11-10-14(20-23-11)15-8-4-9-21(15)17(22)16-12(18)6-3-7-13(16)19/h3,6-7,10,15H,2,4-5,8-9H2,1H3/t15-/m0/s1. The SMILES string of the molecule is CCCc1cc([C@@H]2CCCN2C(=O)c2c(F)cccc2Cl)no1. The molecule has 1 aromatic carbocycles. The summed E-state index contributed by atoms with van der Waals surface area (Å²) in [6.07, 6.45) is 3.41.